The number of fused-ring (bicyclic) bond motifs is 9. The maximum atomic E-state index is 6.55. The fourth-order valence-corrected chi connectivity index (χ4v) is 8.50. The quantitative estimate of drug-likeness (QED) is 0.176. The molecule has 0 fully saturated rings. The second kappa shape index (κ2) is 12.3. The molecular weight excluding hydrogens is 701 g/mol. The van der Waals surface area contributed by atoms with Gasteiger partial charge in [-0.2, -0.15) is 0 Å². The minimum Gasteiger partial charge on any atom is -0.456 e. The number of aromatic nitrogens is 4. The average Bonchev–Trinajstić information content (AvgIpc) is 3.96. The van der Waals surface area contributed by atoms with E-state index >= 15 is 0 Å². The van der Waals surface area contributed by atoms with E-state index in [4.69, 9.17) is 23.8 Å². The minimum absolute atomic E-state index is 0.572. The smallest absolute Gasteiger partial charge is 0.164 e. The van der Waals surface area contributed by atoms with E-state index in [1.54, 1.807) is 0 Å². The lowest BCUT2D eigenvalue weighted by Crippen LogP contribution is -2.00. The van der Waals surface area contributed by atoms with Gasteiger partial charge >= 0.3 is 0 Å². The lowest BCUT2D eigenvalue weighted by molar-refractivity contribution is 0.668. The van der Waals surface area contributed by atoms with Gasteiger partial charge in [-0.3, -0.25) is 0 Å². The molecule has 0 bridgehead atoms. The number of nitrogens with zero attached hydrogens (tertiary/aromatic N) is 4. The summed E-state index contributed by atoms with van der Waals surface area (Å²) in [5.41, 5.74) is 11.6. The van der Waals surface area contributed by atoms with Crippen molar-refractivity contribution >= 4 is 65.7 Å². The zero-order valence-corrected chi connectivity index (χ0v) is 30.4. The molecule has 0 N–H and O–H groups in total. The van der Waals surface area contributed by atoms with Crippen LogP contribution in [-0.2, 0) is 0 Å². The summed E-state index contributed by atoms with van der Waals surface area (Å²) < 4.78 is 15.1. The Kier molecular flexibility index (Phi) is 6.83. The number of hydrogen-bond donors (Lipinski definition) is 0. The van der Waals surface area contributed by atoms with E-state index < -0.39 is 0 Å². The molecule has 0 aliphatic heterocycles. The second-order valence-electron chi connectivity index (χ2n) is 14.4. The van der Waals surface area contributed by atoms with Crippen LogP contribution in [0.1, 0.15) is 0 Å². The molecule has 0 aliphatic rings. The molecule has 6 nitrogen and oxygen atoms in total. The van der Waals surface area contributed by atoms with E-state index in [0.717, 1.165) is 82.9 Å². The second-order valence-corrected chi connectivity index (χ2v) is 14.4. The highest BCUT2D eigenvalue weighted by atomic mass is 16.3. The molecule has 0 radical (unpaired) electrons. The molecule has 0 atom stereocenters. The van der Waals surface area contributed by atoms with Crippen LogP contribution in [0.4, 0.5) is 0 Å². The molecule has 0 saturated carbocycles. The molecule has 4 heterocycles. The summed E-state index contributed by atoms with van der Waals surface area (Å²) in [6, 6.07) is 62.7. The summed E-state index contributed by atoms with van der Waals surface area (Å²) in [4.78, 5) is 15.4. The van der Waals surface area contributed by atoms with Gasteiger partial charge in [-0.25, -0.2) is 15.0 Å². The van der Waals surface area contributed by atoms with Crippen molar-refractivity contribution < 1.29 is 8.83 Å². The van der Waals surface area contributed by atoms with Crippen molar-refractivity contribution in [2.45, 2.75) is 0 Å². The van der Waals surface area contributed by atoms with Crippen molar-refractivity contribution in [3.8, 4) is 51.0 Å². The summed E-state index contributed by atoms with van der Waals surface area (Å²) in [5, 5.41) is 6.44. The standard InChI is InChI=1S/C51H30N4O2/c1-3-13-31(14-4-1)49-52-50(33-26-28-44-39(30-33)36-17-8-10-23-43(36)56-44)54-51(53-49)38-20-12-24-46-48(38)40-29-32(25-27-45(40)57-46)35-19-11-22-42-47(35)37-18-7-9-21-41(37)55(42)34-15-5-2-6-16-34/h1-30H. The molecule has 4 aromatic heterocycles. The first kappa shape index (κ1) is 31.5. The maximum Gasteiger partial charge on any atom is 0.164 e. The first-order chi connectivity index (χ1) is 28.2. The monoisotopic (exact) mass is 730 g/mol. The van der Waals surface area contributed by atoms with Gasteiger partial charge in [-0.05, 0) is 77.9 Å². The molecule has 0 amide bonds. The topological polar surface area (TPSA) is 69.9 Å². The predicted octanol–water partition coefficient (Wildman–Crippen LogP) is 13.4. The van der Waals surface area contributed by atoms with Gasteiger partial charge < -0.3 is 13.4 Å². The molecule has 8 aromatic carbocycles. The van der Waals surface area contributed by atoms with Crippen molar-refractivity contribution in [1.82, 2.24) is 19.5 Å². The van der Waals surface area contributed by atoms with Crippen molar-refractivity contribution in [2.24, 2.45) is 0 Å². The van der Waals surface area contributed by atoms with E-state index in [1.165, 1.54) is 16.3 Å². The first-order valence-electron chi connectivity index (χ1n) is 19.0. The Morgan fingerprint density at radius 1 is 0.333 bits per heavy atom. The van der Waals surface area contributed by atoms with Crippen LogP contribution in [0.3, 0.4) is 0 Å². The van der Waals surface area contributed by atoms with Gasteiger partial charge in [0.05, 0.1) is 11.0 Å². The highest BCUT2D eigenvalue weighted by molar-refractivity contribution is 6.18. The van der Waals surface area contributed by atoms with Gasteiger partial charge in [-0.1, -0.05) is 115 Å². The van der Waals surface area contributed by atoms with Crippen molar-refractivity contribution in [3.63, 3.8) is 0 Å². The highest BCUT2D eigenvalue weighted by Crippen LogP contribution is 2.42. The van der Waals surface area contributed by atoms with Crippen LogP contribution in [0.2, 0.25) is 0 Å². The zero-order chi connectivity index (χ0) is 37.5. The summed E-state index contributed by atoms with van der Waals surface area (Å²) in [6.45, 7) is 0. The predicted molar refractivity (Wildman–Crippen MR) is 230 cm³/mol. The molecular formula is C51H30N4O2. The Morgan fingerprint density at radius 2 is 0.912 bits per heavy atom. The highest BCUT2D eigenvalue weighted by Gasteiger charge is 2.21. The van der Waals surface area contributed by atoms with Crippen LogP contribution >= 0.6 is 0 Å². The molecule has 0 spiro atoms. The van der Waals surface area contributed by atoms with E-state index in [-0.39, 0.29) is 0 Å². The third kappa shape index (κ3) is 4.94. The van der Waals surface area contributed by atoms with Crippen molar-refractivity contribution in [3.05, 3.63) is 182 Å². The fourth-order valence-electron chi connectivity index (χ4n) is 8.50. The Bertz CT molecular complexity index is 3530. The summed E-state index contributed by atoms with van der Waals surface area (Å²) >= 11 is 0. The molecule has 0 unspecified atom stereocenters. The maximum absolute atomic E-state index is 6.55. The molecule has 6 heteroatoms. The van der Waals surface area contributed by atoms with Crippen LogP contribution in [0.15, 0.2) is 191 Å². The molecule has 0 aliphatic carbocycles. The zero-order valence-electron chi connectivity index (χ0n) is 30.4. The Balaban J connectivity index is 1.07. The lowest BCUT2D eigenvalue weighted by atomic mass is 9.97. The Labute approximate surface area is 325 Å². The van der Waals surface area contributed by atoms with Crippen LogP contribution in [0.5, 0.6) is 0 Å². The van der Waals surface area contributed by atoms with Crippen LogP contribution in [-0.4, -0.2) is 19.5 Å². The summed E-state index contributed by atoms with van der Waals surface area (Å²) in [7, 11) is 0. The van der Waals surface area contributed by atoms with E-state index in [0.29, 0.717) is 17.5 Å². The third-order valence-electron chi connectivity index (χ3n) is 11.1. The molecule has 266 valence electrons. The SMILES string of the molecule is c1ccc(-c2nc(-c3ccc4oc5ccccc5c4c3)nc(-c3cccc4oc5ccc(-c6cccc7c6c6ccccc6n7-c6ccccc6)cc5c34)n2)cc1. The van der Waals surface area contributed by atoms with Gasteiger partial charge in [0.1, 0.15) is 22.3 Å². The van der Waals surface area contributed by atoms with Crippen molar-refractivity contribution in [1.29, 1.82) is 0 Å². The molecule has 12 aromatic rings. The van der Waals surface area contributed by atoms with Crippen LogP contribution in [0.25, 0.3) is 117 Å². The fraction of sp³-hybridized carbons (Fsp3) is 0. The number of para-hydroxylation sites is 3. The summed E-state index contributed by atoms with van der Waals surface area (Å²) in [6.07, 6.45) is 0. The summed E-state index contributed by atoms with van der Waals surface area (Å²) in [5.74, 6) is 1.75. The molecule has 12 rings (SSSR count). The van der Waals surface area contributed by atoms with Gasteiger partial charge in [0.25, 0.3) is 0 Å². The van der Waals surface area contributed by atoms with Gasteiger partial charge in [0.15, 0.2) is 17.5 Å². The lowest BCUT2D eigenvalue weighted by Gasteiger charge is -2.10. The first-order valence-corrected chi connectivity index (χ1v) is 19.0. The molecule has 0 saturated heterocycles. The third-order valence-corrected chi connectivity index (χ3v) is 11.1. The number of hydrogen-bond acceptors (Lipinski definition) is 5. The van der Waals surface area contributed by atoms with E-state index in [9.17, 15) is 0 Å². The van der Waals surface area contributed by atoms with Gasteiger partial charge in [0.2, 0.25) is 0 Å². The molecule has 57 heavy (non-hydrogen) atoms. The van der Waals surface area contributed by atoms with Gasteiger partial charge in [-0.15, -0.1) is 0 Å². The van der Waals surface area contributed by atoms with Crippen LogP contribution < -0.4 is 0 Å². The Hall–Kier alpha value is -7.83. The van der Waals surface area contributed by atoms with Gasteiger partial charge in [0, 0.05) is 54.7 Å². The van der Waals surface area contributed by atoms with E-state index in [1.807, 2.05) is 72.8 Å². The van der Waals surface area contributed by atoms with E-state index in [2.05, 4.69) is 114 Å². The minimum atomic E-state index is 0.572. The Morgan fingerprint density at radius 3 is 1.77 bits per heavy atom. The van der Waals surface area contributed by atoms with Crippen LogP contribution in [0, 0.1) is 0 Å². The number of furan rings is 2. The van der Waals surface area contributed by atoms with Crippen molar-refractivity contribution in [2.75, 3.05) is 0 Å². The number of rotatable bonds is 5. The number of benzene rings is 8. The normalized spacial score (nSPS) is 11.9. The largest absolute Gasteiger partial charge is 0.456 e. The average molecular weight is 731 g/mol.